The van der Waals surface area contributed by atoms with Crippen LogP contribution >= 0.6 is 0 Å². The van der Waals surface area contributed by atoms with E-state index in [2.05, 4.69) is 5.32 Å². The lowest BCUT2D eigenvalue weighted by Gasteiger charge is -2.23. The molecule has 0 aromatic carbocycles. The van der Waals surface area contributed by atoms with Crippen molar-refractivity contribution in [2.45, 2.75) is 51.2 Å². The van der Waals surface area contributed by atoms with E-state index in [0.29, 0.717) is 23.8 Å². The number of nitrogens with two attached hydrogens (primary N) is 1. The van der Waals surface area contributed by atoms with Crippen LogP contribution in [0.3, 0.4) is 0 Å². The van der Waals surface area contributed by atoms with Crippen molar-refractivity contribution in [3.8, 4) is 0 Å². The number of anilines is 1. The third-order valence-electron chi connectivity index (χ3n) is 3.46. The highest BCUT2D eigenvalue weighted by atomic mass is 16.3. The molecule has 1 atom stereocenters. The molecule has 1 aromatic rings. The van der Waals surface area contributed by atoms with Crippen molar-refractivity contribution in [1.29, 1.82) is 0 Å². The van der Waals surface area contributed by atoms with Gasteiger partial charge in [-0.1, -0.05) is 13.3 Å². The van der Waals surface area contributed by atoms with E-state index >= 15 is 0 Å². The number of amides is 1. The Morgan fingerprint density at radius 1 is 1.63 bits per heavy atom. The monoisotopic (exact) mass is 265 g/mol. The molecule has 0 bridgehead atoms. The van der Waals surface area contributed by atoms with Crippen LogP contribution in [0.15, 0.2) is 12.3 Å². The van der Waals surface area contributed by atoms with Crippen LogP contribution in [0.1, 0.15) is 56.1 Å². The zero-order chi connectivity index (χ0) is 14.0. The summed E-state index contributed by atoms with van der Waals surface area (Å²) in [5, 5.41) is 12.9. The zero-order valence-electron chi connectivity index (χ0n) is 11.6. The number of aromatic nitrogens is 1. The summed E-state index contributed by atoms with van der Waals surface area (Å²) in [6, 6.07) is 2.11. The molecule has 1 unspecified atom stereocenters. The normalized spacial score (nSPS) is 18.1. The van der Waals surface area contributed by atoms with Crippen LogP contribution in [0.2, 0.25) is 0 Å². The molecule has 0 aliphatic heterocycles. The highest BCUT2D eigenvalue weighted by molar-refractivity contribution is 5.94. The molecule has 5 nitrogen and oxygen atoms in total. The predicted molar refractivity (Wildman–Crippen MR) is 75.0 cm³/mol. The summed E-state index contributed by atoms with van der Waals surface area (Å²) < 4.78 is 1.94. The van der Waals surface area contributed by atoms with Crippen LogP contribution < -0.4 is 11.1 Å². The van der Waals surface area contributed by atoms with Crippen molar-refractivity contribution < 1.29 is 9.90 Å². The number of nitrogens with one attached hydrogen (secondary N) is 1. The summed E-state index contributed by atoms with van der Waals surface area (Å²) in [7, 11) is 0. The fourth-order valence-corrected chi connectivity index (χ4v) is 2.33. The molecule has 1 aliphatic carbocycles. The molecule has 4 N–H and O–H groups in total. The van der Waals surface area contributed by atoms with Gasteiger partial charge in [-0.25, -0.2) is 0 Å². The van der Waals surface area contributed by atoms with Gasteiger partial charge >= 0.3 is 0 Å². The van der Waals surface area contributed by atoms with Gasteiger partial charge in [0.1, 0.15) is 5.69 Å². The van der Waals surface area contributed by atoms with Crippen molar-refractivity contribution >= 4 is 11.6 Å². The van der Waals surface area contributed by atoms with E-state index < -0.39 is 5.60 Å². The summed E-state index contributed by atoms with van der Waals surface area (Å²) >= 11 is 0. The Hall–Kier alpha value is -1.49. The Morgan fingerprint density at radius 3 is 2.89 bits per heavy atom. The van der Waals surface area contributed by atoms with Crippen molar-refractivity contribution in [3.63, 3.8) is 0 Å². The van der Waals surface area contributed by atoms with Gasteiger partial charge in [0.05, 0.1) is 11.3 Å². The van der Waals surface area contributed by atoms with E-state index in [4.69, 9.17) is 5.73 Å². The molecule has 1 heterocycles. The highest BCUT2D eigenvalue weighted by Gasteiger charge is 2.28. The van der Waals surface area contributed by atoms with E-state index in [1.807, 2.05) is 17.7 Å². The molecule has 1 saturated carbocycles. The Bertz CT molecular complexity index is 461. The van der Waals surface area contributed by atoms with Gasteiger partial charge < -0.3 is 20.7 Å². The van der Waals surface area contributed by atoms with Gasteiger partial charge in [0.2, 0.25) is 0 Å². The Morgan fingerprint density at radius 2 is 2.32 bits per heavy atom. The second kappa shape index (κ2) is 5.25. The summed E-state index contributed by atoms with van der Waals surface area (Å²) in [5.74, 6) is -0.167. The molecular formula is C14H23N3O2. The fraction of sp³-hybridized carbons (Fsp3) is 0.643. The third-order valence-corrected chi connectivity index (χ3v) is 3.46. The lowest BCUT2D eigenvalue weighted by molar-refractivity contribution is 0.0467. The number of carbonyl (C=O) groups excluding carboxylic acids is 1. The van der Waals surface area contributed by atoms with Crippen molar-refractivity contribution in [3.05, 3.63) is 18.0 Å². The van der Waals surface area contributed by atoms with E-state index in [-0.39, 0.29) is 12.5 Å². The second-order valence-electron chi connectivity index (χ2n) is 5.73. The van der Waals surface area contributed by atoms with E-state index in [1.165, 1.54) is 0 Å². The minimum absolute atomic E-state index is 0.167. The molecule has 1 fully saturated rings. The van der Waals surface area contributed by atoms with Gasteiger partial charge in [0.15, 0.2) is 0 Å². The number of hydrogen-bond acceptors (Lipinski definition) is 3. The number of aliphatic hydroxyl groups is 1. The maximum absolute atomic E-state index is 12.2. The molecule has 19 heavy (non-hydrogen) atoms. The lowest BCUT2D eigenvalue weighted by atomic mass is 10.0. The zero-order valence-corrected chi connectivity index (χ0v) is 11.6. The van der Waals surface area contributed by atoms with Crippen LogP contribution in [0.5, 0.6) is 0 Å². The molecular weight excluding hydrogens is 242 g/mol. The summed E-state index contributed by atoms with van der Waals surface area (Å²) in [4.78, 5) is 12.2. The first kappa shape index (κ1) is 13.9. The van der Waals surface area contributed by atoms with Crippen LogP contribution in [-0.4, -0.2) is 27.7 Å². The molecule has 1 aliphatic rings. The molecule has 106 valence electrons. The quantitative estimate of drug-likeness (QED) is 0.732. The number of carbonyl (C=O) groups is 1. The van der Waals surface area contributed by atoms with Crippen LogP contribution in [0.4, 0.5) is 5.69 Å². The number of hydrogen-bond donors (Lipinski definition) is 3. The molecule has 2 rings (SSSR count). The first-order chi connectivity index (χ1) is 8.93. The smallest absolute Gasteiger partial charge is 0.268 e. The van der Waals surface area contributed by atoms with Crippen LogP contribution in [0.25, 0.3) is 0 Å². The standard InChI is InChI=1S/C14H23N3O2/c1-3-6-14(2,19)9-16-13(18)12-7-10(15)8-17(12)11-4-5-11/h7-8,11,19H,3-6,9,15H2,1-2H3,(H,16,18). The second-order valence-corrected chi connectivity index (χ2v) is 5.73. The fourth-order valence-electron chi connectivity index (χ4n) is 2.33. The van der Waals surface area contributed by atoms with Gasteiger partial charge in [-0.15, -0.1) is 0 Å². The topological polar surface area (TPSA) is 80.3 Å². The number of rotatable bonds is 6. The SMILES string of the molecule is CCCC(C)(O)CNC(=O)c1cc(N)cn1C1CC1. The Kier molecular flexibility index (Phi) is 3.85. The number of nitrogen functional groups attached to an aromatic ring is 1. The Balaban J connectivity index is 2.00. The van der Waals surface area contributed by atoms with Crippen molar-refractivity contribution in [1.82, 2.24) is 9.88 Å². The van der Waals surface area contributed by atoms with Gasteiger partial charge in [-0.3, -0.25) is 4.79 Å². The summed E-state index contributed by atoms with van der Waals surface area (Å²) in [5.41, 5.74) is 6.11. The summed E-state index contributed by atoms with van der Waals surface area (Å²) in [6.45, 7) is 4.01. The molecule has 0 saturated heterocycles. The first-order valence-corrected chi connectivity index (χ1v) is 6.91. The van der Waals surface area contributed by atoms with Gasteiger partial charge in [-0.2, -0.15) is 0 Å². The average molecular weight is 265 g/mol. The highest BCUT2D eigenvalue weighted by Crippen LogP contribution is 2.37. The van der Waals surface area contributed by atoms with Gasteiger partial charge in [-0.05, 0) is 32.3 Å². The predicted octanol–water partition coefficient (Wildman–Crippen LogP) is 1.69. The maximum atomic E-state index is 12.2. The van der Waals surface area contributed by atoms with Crippen molar-refractivity contribution in [2.24, 2.45) is 0 Å². The first-order valence-electron chi connectivity index (χ1n) is 6.91. The molecule has 1 aromatic heterocycles. The van der Waals surface area contributed by atoms with Crippen LogP contribution in [-0.2, 0) is 0 Å². The average Bonchev–Trinajstić information content (AvgIpc) is 3.09. The van der Waals surface area contributed by atoms with Crippen LogP contribution in [0, 0.1) is 0 Å². The minimum Gasteiger partial charge on any atom is -0.397 e. The molecule has 1 amide bonds. The van der Waals surface area contributed by atoms with E-state index in [0.717, 1.165) is 19.3 Å². The van der Waals surface area contributed by atoms with Gasteiger partial charge in [0, 0.05) is 18.8 Å². The maximum Gasteiger partial charge on any atom is 0.268 e. The third kappa shape index (κ3) is 3.50. The number of nitrogens with zero attached hydrogens (tertiary/aromatic N) is 1. The largest absolute Gasteiger partial charge is 0.397 e. The lowest BCUT2D eigenvalue weighted by Crippen LogP contribution is -2.41. The minimum atomic E-state index is -0.854. The Labute approximate surface area is 113 Å². The van der Waals surface area contributed by atoms with E-state index in [1.54, 1.807) is 13.0 Å². The van der Waals surface area contributed by atoms with E-state index in [9.17, 15) is 9.90 Å². The summed E-state index contributed by atoms with van der Waals surface area (Å²) in [6.07, 6.45) is 5.56. The van der Waals surface area contributed by atoms with Gasteiger partial charge in [0.25, 0.3) is 5.91 Å². The molecule has 0 spiro atoms. The molecule has 0 radical (unpaired) electrons. The molecule has 5 heteroatoms. The van der Waals surface area contributed by atoms with Crippen molar-refractivity contribution in [2.75, 3.05) is 12.3 Å².